The predicted octanol–water partition coefficient (Wildman–Crippen LogP) is 3.79. The average molecular weight is 443 g/mol. The molecule has 2 aromatic carbocycles. The molecule has 2 amide bonds. The van der Waals surface area contributed by atoms with Crippen molar-refractivity contribution >= 4 is 21.8 Å². The summed E-state index contributed by atoms with van der Waals surface area (Å²) in [5.74, 6) is -1.02. The molecule has 162 valence electrons. The van der Waals surface area contributed by atoms with Crippen LogP contribution in [0.2, 0.25) is 0 Å². The molecular formula is C23H23FN2O4S. The summed E-state index contributed by atoms with van der Waals surface area (Å²) < 4.78 is 40.1. The van der Waals surface area contributed by atoms with Crippen LogP contribution in [0, 0.1) is 11.7 Å². The summed E-state index contributed by atoms with van der Waals surface area (Å²) in [6, 6.07) is 9.78. The Kier molecular flexibility index (Phi) is 4.84. The third kappa shape index (κ3) is 3.52. The second kappa shape index (κ2) is 7.44. The number of nitrogens with zero attached hydrogens (tertiary/aromatic N) is 1. The number of benzene rings is 2. The van der Waals surface area contributed by atoms with Gasteiger partial charge in [0.15, 0.2) is 0 Å². The molecule has 31 heavy (non-hydrogen) atoms. The first-order chi connectivity index (χ1) is 14.9. The van der Waals surface area contributed by atoms with Crippen LogP contribution in [0.15, 0.2) is 47.4 Å². The van der Waals surface area contributed by atoms with E-state index in [2.05, 4.69) is 5.32 Å². The summed E-state index contributed by atoms with van der Waals surface area (Å²) in [4.78, 5) is 25.5. The molecule has 0 radical (unpaired) electrons. The van der Waals surface area contributed by atoms with Crippen LogP contribution < -0.4 is 5.32 Å². The van der Waals surface area contributed by atoms with E-state index in [-0.39, 0.29) is 39.8 Å². The van der Waals surface area contributed by atoms with Crippen LogP contribution in [0.1, 0.15) is 70.8 Å². The topological polar surface area (TPSA) is 83.6 Å². The number of hydrogen-bond donors (Lipinski definition) is 1. The number of sulfonamides is 1. The van der Waals surface area contributed by atoms with Gasteiger partial charge in [-0.1, -0.05) is 25.0 Å². The lowest BCUT2D eigenvalue weighted by Crippen LogP contribution is -2.33. The molecule has 1 atom stereocenters. The molecule has 5 rings (SSSR count). The highest BCUT2D eigenvalue weighted by Gasteiger charge is 2.48. The molecular weight excluding hydrogens is 419 g/mol. The summed E-state index contributed by atoms with van der Waals surface area (Å²) >= 11 is 0. The molecule has 1 heterocycles. The van der Waals surface area contributed by atoms with Crippen molar-refractivity contribution in [2.45, 2.75) is 55.5 Å². The summed E-state index contributed by atoms with van der Waals surface area (Å²) in [5, 5.41) is 3.03. The second-order valence-corrected chi connectivity index (χ2v) is 10.4. The highest BCUT2D eigenvalue weighted by atomic mass is 32.2. The standard InChI is InChI=1S/C23H23FN2O4S/c24-17-8-5-15(6-9-17)21(14-3-1-2-4-14)25-22(27)16-7-12-19-20(13-16)31(29,30)26(23(19)28)18-10-11-18/h5-9,12-14,18,21H,1-4,10-11H2,(H,25,27). The van der Waals surface area contributed by atoms with Gasteiger partial charge in [-0.3, -0.25) is 9.59 Å². The molecule has 0 aromatic heterocycles. The van der Waals surface area contributed by atoms with Crippen LogP contribution in [0.25, 0.3) is 0 Å². The third-order valence-corrected chi connectivity index (χ3v) is 8.35. The number of amides is 2. The van der Waals surface area contributed by atoms with Gasteiger partial charge in [0.25, 0.3) is 21.8 Å². The first kappa shape index (κ1) is 20.2. The van der Waals surface area contributed by atoms with Crippen LogP contribution in [0.5, 0.6) is 0 Å². The number of rotatable bonds is 5. The van der Waals surface area contributed by atoms with Gasteiger partial charge in [-0.05, 0) is 67.5 Å². The maximum atomic E-state index is 13.4. The highest BCUT2D eigenvalue weighted by Crippen LogP contribution is 2.40. The Morgan fingerprint density at radius 2 is 1.71 bits per heavy atom. The van der Waals surface area contributed by atoms with Crippen LogP contribution in [-0.2, 0) is 10.0 Å². The Morgan fingerprint density at radius 3 is 2.35 bits per heavy atom. The Bertz CT molecular complexity index is 1150. The molecule has 2 aliphatic carbocycles. The molecule has 1 aliphatic heterocycles. The zero-order chi connectivity index (χ0) is 21.8. The summed E-state index contributed by atoms with van der Waals surface area (Å²) in [6.45, 7) is 0. The molecule has 1 unspecified atom stereocenters. The van der Waals surface area contributed by atoms with Crippen molar-refractivity contribution in [3.8, 4) is 0 Å². The van der Waals surface area contributed by atoms with E-state index < -0.39 is 21.8 Å². The lowest BCUT2D eigenvalue weighted by Gasteiger charge is -2.25. The van der Waals surface area contributed by atoms with Crippen molar-refractivity contribution in [3.05, 3.63) is 65.0 Å². The lowest BCUT2D eigenvalue weighted by molar-refractivity contribution is 0.0862. The van der Waals surface area contributed by atoms with Gasteiger partial charge in [-0.25, -0.2) is 17.1 Å². The zero-order valence-electron chi connectivity index (χ0n) is 16.9. The van der Waals surface area contributed by atoms with Crippen molar-refractivity contribution in [1.29, 1.82) is 0 Å². The molecule has 3 aliphatic rings. The van der Waals surface area contributed by atoms with E-state index in [0.717, 1.165) is 35.6 Å². The molecule has 2 saturated carbocycles. The predicted molar refractivity (Wildman–Crippen MR) is 111 cm³/mol. The Hall–Kier alpha value is -2.74. The maximum Gasteiger partial charge on any atom is 0.269 e. The first-order valence-corrected chi connectivity index (χ1v) is 12.1. The smallest absolute Gasteiger partial charge is 0.269 e. The SMILES string of the molecule is O=C(NC(c1ccc(F)cc1)C1CCCC1)c1ccc2c(c1)S(=O)(=O)N(C1CC1)C2=O. The van der Waals surface area contributed by atoms with Gasteiger partial charge in [0.2, 0.25) is 0 Å². The fourth-order valence-electron chi connectivity index (χ4n) is 4.72. The van der Waals surface area contributed by atoms with E-state index in [1.807, 2.05) is 0 Å². The first-order valence-electron chi connectivity index (χ1n) is 10.7. The fraction of sp³-hybridized carbons (Fsp3) is 0.391. The summed E-state index contributed by atoms with van der Waals surface area (Å²) in [7, 11) is -3.93. The molecule has 0 spiro atoms. The van der Waals surface area contributed by atoms with E-state index >= 15 is 0 Å². The molecule has 2 fully saturated rings. The number of carbonyl (C=O) groups excluding carboxylic acids is 2. The monoisotopic (exact) mass is 442 g/mol. The number of halogens is 1. The fourth-order valence-corrected chi connectivity index (χ4v) is 6.56. The Morgan fingerprint density at radius 1 is 1.03 bits per heavy atom. The largest absolute Gasteiger partial charge is 0.345 e. The van der Waals surface area contributed by atoms with Crippen molar-refractivity contribution < 1.29 is 22.4 Å². The van der Waals surface area contributed by atoms with E-state index in [9.17, 15) is 22.4 Å². The number of hydrogen-bond acceptors (Lipinski definition) is 4. The minimum absolute atomic E-state index is 0.101. The number of fused-ring (bicyclic) bond motifs is 1. The van der Waals surface area contributed by atoms with Gasteiger partial charge >= 0.3 is 0 Å². The lowest BCUT2D eigenvalue weighted by atomic mass is 9.91. The van der Waals surface area contributed by atoms with Gasteiger partial charge in [-0.2, -0.15) is 0 Å². The van der Waals surface area contributed by atoms with Crippen LogP contribution >= 0.6 is 0 Å². The Balaban J connectivity index is 1.44. The van der Waals surface area contributed by atoms with Crippen molar-refractivity contribution in [2.75, 3.05) is 0 Å². The molecule has 0 bridgehead atoms. The summed E-state index contributed by atoms with van der Waals surface area (Å²) in [6.07, 6.45) is 5.43. The van der Waals surface area contributed by atoms with Crippen LogP contribution in [0.3, 0.4) is 0 Å². The zero-order valence-corrected chi connectivity index (χ0v) is 17.7. The van der Waals surface area contributed by atoms with Crippen molar-refractivity contribution in [3.63, 3.8) is 0 Å². The summed E-state index contributed by atoms with van der Waals surface area (Å²) in [5.41, 5.74) is 1.14. The normalized spacial score (nSPS) is 21.2. The van der Waals surface area contributed by atoms with Crippen molar-refractivity contribution in [1.82, 2.24) is 9.62 Å². The van der Waals surface area contributed by atoms with Gasteiger partial charge in [-0.15, -0.1) is 0 Å². The molecule has 2 aromatic rings. The van der Waals surface area contributed by atoms with Gasteiger partial charge in [0.1, 0.15) is 10.7 Å². The van der Waals surface area contributed by atoms with Gasteiger partial charge in [0.05, 0.1) is 11.6 Å². The highest BCUT2D eigenvalue weighted by molar-refractivity contribution is 7.90. The van der Waals surface area contributed by atoms with E-state index in [1.54, 1.807) is 12.1 Å². The van der Waals surface area contributed by atoms with Gasteiger partial charge in [0, 0.05) is 11.6 Å². The number of carbonyl (C=O) groups is 2. The van der Waals surface area contributed by atoms with Crippen LogP contribution in [0.4, 0.5) is 4.39 Å². The minimum atomic E-state index is -3.93. The number of nitrogens with one attached hydrogen (secondary N) is 1. The maximum absolute atomic E-state index is 13.4. The molecule has 6 nitrogen and oxygen atoms in total. The van der Waals surface area contributed by atoms with E-state index in [1.165, 1.54) is 30.3 Å². The average Bonchev–Trinajstić information content (AvgIpc) is 3.37. The minimum Gasteiger partial charge on any atom is -0.345 e. The third-order valence-electron chi connectivity index (χ3n) is 6.48. The molecule has 1 N–H and O–H groups in total. The van der Waals surface area contributed by atoms with E-state index in [4.69, 9.17) is 0 Å². The van der Waals surface area contributed by atoms with E-state index in [0.29, 0.717) is 12.8 Å². The van der Waals surface area contributed by atoms with Crippen LogP contribution in [-0.4, -0.2) is 30.6 Å². The quantitative estimate of drug-likeness (QED) is 0.764. The molecule has 8 heteroatoms. The molecule has 0 saturated heterocycles. The van der Waals surface area contributed by atoms with Crippen molar-refractivity contribution in [2.24, 2.45) is 5.92 Å². The second-order valence-electron chi connectivity index (χ2n) is 8.60. The Labute approximate surface area is 180 Å². The van der Waals surface area contributed by atoms with Gasteiger partial charge < -0.3 is 5.32 Å².